The molecule has 0 amide bonds. The highest BCUT2D eigenvalue weighted by Crippen LogP contribution is 2.20. The first-order valence-corrected chi connectivity index (χ1v) is 4.02. The van der Waals surface area contributed by atoms with Crippen LogP contribution in [-0.2, 0) is 0 Å². The van der Waals surface area contributed by atoms with Gasteiger partial charge in [-0.25, -0.2) is 4.79 Å². The summed E-state index contributed by atoms with van der Waals surface area (Å²) in [5, 5.41) is 3.02. The summed E-state index contributed by atoms with van der Waals surface area (Å²) in [4.78, 5) is 13.5. The zero-order valence-corrected chi connectivity index (χ0v) is 7.47. The van der Waals surface area contributed by atoms with E-state index in [0.29, 0.717) is 5.58 Å². The van der Waals surface area contributed by atoms with Crippen molar-refractivity contribution in [2.45, 2.75) is 6.92 Å². The Morgan fingerprint density at radius 3 is 2.92 bits per heavy atom. The Labute approximate surface area is 74.6 Å². The molecule has 4 heteroatoms. The van der Waals surface area contributed by atoms with Crippen molar-refractivity contribution < 1.29 is 4.42 Å². The van der Waals surface area contributed by atoms with E-state index in [1.165, 1.54) is 0 Å². The smallest absolute Gasteiger partial charge is 0.408 e. The third-order valence-corrected chi connectivity index (χ3v) is 2.04. The second kappa shape index (κ2) is 2.65. The van der Waals surface area contributed by atoms with E-state index in [1.807, 2.05) is 26.1 Å². The molecule has 0 saturated heterocycles. The minimum Gasteiger partial charge on any atom is -0.408 e. The largest absolute Gasteiger partial charge is 0.417 e. The minimum absolute atomic E-state index is 0.414. The number of aryl methyl sites for hydroxylation is 1. The van der Waals surface area contributed by atoms with Gasteiger partial charge >= 0.3 is 5.76 Å². The van der Waals surface area contributed by atoms with Gasteiger partial charge in [0, 0.05) is 18.8 Å². The number of rotatable bonds is 1. The monoisotopic (exact) mass is 178 g/mol. The molecular weight excluding hydrogens is 168 g/mol. The number of H-pyrrole nitrogens is 1. The second-order valence-corrected chi connectivity index (χ2v) is 2.93. The number of benzene rings is 1. The van der Waals surface area contributed by atoms with E-state index in [1.54, 1.807) is 0 Å². The van der Waals surface area contributed by atoms with Crippen molar-refractivity contribution in [3.8, 4) is 0 Å². The number of anilines is 1. The number of aromatic amines is 1. The quantitative estimate of drug-likeness (QED) is 0.695. The third-order valence-electron chi connectivity index (χ3n) is 2.04. The van der Waals surface area contributed by atoms with Gasteiger partial charge < -0.3 is 9.73 Å². The van der Waals surface area contributed by atoms with Crippen molar-refractivity contribution in [1.82, 2.24) is 4.98 Å². The summed E-state index contributed by atoms with van der Waals surface area (Å²) in [6.07, 6.45) is 0. The van der Waals surface area contributed by atoms with Crippen LogP contribution in [0.3, 0.4) is 0 Å². The lowest BCUT2D eigenvalue weighted by atomic mass is 10.2. The maximum Gasteiger partial charge on any atom is 0.417 e. The molecule has 0 bridgehead atoms. The van der Waals surface area contributed by atoms with Crippen LogP contribution in [0.1, 0.15) is 5.56 Å². The van der Waals surface area contributed by atoms with E-state index in [4.69, 9.17) is 4.42 Å². The molecule has 0 aliphatic carbocycles. The van der Waals surface area contributed by atoms with E-state index >= 15 is 0 Å². The van der Waals surface area contributed by atoms with Crippen molar-refractivity contribution in [1.29, 1.82) is 0 Å². The van der Waals surface area contributed by atoms with Crippen LogP contribution in [0.25, 0.3) is 11.1 Å². The summed E-state index contributed by atoms with van der Waals surface area (Å²) in [6, 6.07) is 3.69. The van der Waals surface area contributed by atoms with Crippen molar-refractivity contribution >= 4 is 16.8 Å². The normalized spacial score (nSPS) is 10.6. The molecular formula is C9H10N2O2. The number of hydrogen-bond acceptors (Lipinski definition) is 3. The molecule has 1 aromatic heterocycles. The topological polar surface area (TPSA) is 58.0 Å². The fourth-order valence-corrected chi connectivity index (χ4v) is 1.37. The van der Waals surface area contributed by atoms with Gasteiger partial charge in [-0.15, -0.1) is 0 Å². The molecule has 2 rings (SSSR count). The van der Waals surface area contributed by atoms with Crippen LogP contribution in [0, 0.1) is 6.92 Å². The molecule has 68 valence electrons. The molecule has 2 N–H and O–H groups in total. The maximum atomic E-state index is 10.9. The lowest BCUT2D eigenvalue weighted by Crippen LogP contribution is -1.93. The molecule has 0 radical (unpaired) electrons. The summed E-state index contributed by atoms with van der Waals surface area (Å²) in [5.41, 5.74) is 3.36. The molecule has 13 heavy (non-hydrogen) atoms. The summed E-state index contributed by atoms with van der Waals surface area (Å²) < 4.78 is 4.91. The van der Waals surface area contributed by atoms with E-state index < -0.39 is 5.76 Å². The highest BCUT2D eigenvalue weighted by atomic mass is 16.4. The van der Waals surface area contributed by atoms with Gasteiger partial charge in [-0.1, -0.05) is 0 Å². The molecule has 0 unspecified atom stereocenters. The van der Waals surface area contributed by atoms with Gasteiger partial charge in [0.15, 0.2) is 5.58 Å². The van der Waals surface area contributed by atoms with Gasteiger partial charge in [-0.3, -0.25) is 4.98 Å². The Morgan fingerprint density at radius 2 is 2.23 bits per heavy atom. The zero-order chi connectivity index (χ0) is 9.42. The molecule has 0 fully saturated rings. The summed E-state index contributed by atoms with van der Waals surface area (Å²) in [6.45, 7) is 1.97. The van der Waals surface area contributed by atoms with Crippen LogP contribution < -0.4 is 11.1 Å². The predicted octanol–water partition coefficient (Wildman–Crippen LogP) is 1.47. The molecule has 1 aromatic carbocycles. The number of aromatic nitrogens is 1. The van der Waals surface area contributed by atoms with Gasteiger partial charge in [-0.05, 0) is 18.6 Å². The highest BCUT2D eigenvalue weighted by molar-refractivity contribution is 5.78. The summed E-state index contributed by atoms with van der Waals surface area (Å²) >= 11 is 0. The van der Waals surface area contributed by atoms with Crippen LogP contribution in [0.2, 0.25) is 0 Å². The SMILES string of the molecule is CNc1cc2oc(=O)[nH]c2cc1C. The fraction of sp³-hybridized carbons (Fsp3) is 0.222. The maximum absolute atomic E-state index is 10.9. The van der Waals surface area contributed by atoms with E-state index in [-0.39, 0.29) is 0 Å². The van der Waals surface area contributed by atoms with Crippen molar-refractivity contribution in [2.24, 2.45) is 0 Å². The Bertz CT molecular complexity index is 496. The van der Waals surface area contributed by atoms with Crippen LogP contribution in [-0.4, -0.2) is 12.0 Å². The molecule has 0 atom stereocenters. The van der Waals surface area contributed by atoms with Crippen molar-refractivity contribution in [3.05, 3.63) is 28.2 Å². The van der Waals surface area contributed by atoms with E-state index in [9.17, 15) is 4.79 Å². The molecule has 0 aliphatic heterocycles. The molecule has 0 saturated carbocycles. The van der Waals surface area contributed by atoms with Gasteiger partial charge in [0.05, 0.1) is 5.52 Å². The van der Waals surface area contributed by atoms with Gasteiger partial charge in [0.1, 0.15) is 0 Å². The Kier molecular flexibility index (Phi) is 1.62. The van der Waals surface area contributed by atoms with Crippen LogP contribution >= 0.6 is 0 Å². The van der Waals surface area contributed by atoms with Gasteiger partial charge in [0.2, 0.25) is 0 Å². The minimum atomic E-state index is -0.414. The van der Waals surface area contributed by atoms with E-state index in [2.05, 4.69) is 10.3 Å². The van der Waals surface area contributed by atoms with E-state index in [0.717, 1.165) is 16.8 Å². The standard InChI is InChI=1S/C9H10N2O2/c1-5-3-7-8(4-6(5)10-2)13-9(12)11-7/h3-4,10H,1-2H3,(H,11,12). The molecule has 4 nitrogen and oxygen atoms in total. The molecule has 1 heterocycles. The number of nitrogens with one attached hydrogen (secondary N) is 2. The number of oxazole rings is 1. The van der Waals surface area contributed by atoms with Gasteiger partial charge in [0.25, 0.3) is 0 Å². The average molecular weight is 178 g/mol. The highest BCUT2D eigenvalue weighted by Gasteiger charge is 2.03. The lowest BCUT2D eigenvalue weighted by Gasteiger charge is -2.02. The first-order valence-electron chi connectivity index (χ1n) is 4.02. The van der Waals surface area contributed by atoms with Crippen molar-refractivity contribution in [3.63, 3.8) is 0 Å². The molecule has 2 aromatic rings. The lowest BCUT2D eigenvalue weighted by molar-refractivity contribution is 0.555. The first-order chi connectivity index (χ1) is 6.20. The van der Waals surface area contributed by atoms with Crippen LogP contribution in [0.15, 0.2) is 21.3 Å². The third kappa shape index (κ3) is 1.20. The predicted molar refractivity (Wildman–Crippen MR) is 51.1 cm³/mol. The van der Waals surface area contributed by atoms with Crippen LogP contribution in [0.5, 0.6) is 0 Å². The average Bonchev–Trinajstić information content (AvgIpc) is 2.42. The molecule has 0 aliphatic rings. The first kappa shape index (κ1) is 7.91. The summed E-state index contributed by atoms with van der Waals surface area (Å²) in [5.74, 6) is -0.414. The Morgan fingerprint density at radius 1 is 1.46 bits per heavy atom. The Hall–Kier alpha value is -1.71. The van der Waals surface area contributed by atoms with Gasteiger partial charge in [-0.2, -0.15) is 0 Å². The fourth-order valence-electron chi connectivity index (χ4n) is 1.37. The van der Waals surface area contributed by atoms with Crippen LogP contribution in [0.4, 0.5) is 5.69 Å². The number of fused-ring (bicyclic) bond motifs is 1. The molecule has 0 spiro atoms. The second-order valence-electron chi connectivity index (χ2n) is 2.93. The number of hydrogen-bond donors (Lipinski definition) is 2. The van der Waals surface area contributed by atoms with Crippen molar-refractivity contribution in [2.75, 3.05) is 12.4 Å². The summed E-state index contributed by atoms with van der Waals surface area (Å²) in [7, 11) is 1.83. The Balaban J connectivity index is 2.80. The zero-order valence-electron chi connectivity index (χ0n) is 7.47.